The lowest BCUT2D eigenvalue weighted by atomic mass is 9.71. The first-order valence-electron chi connectivity index (χ1n) is 15.0. The van der Waals surface area contributed by atoms with Crippen molar-refractivity contribution in [3.05, 3.63) is 47.1 Å². The molecule has 9 heteroatoms. The molecule has 3 fully saturated rings. The molecule has 0 aromatic rings. The van der Waals surface area contributed by atoms with Crippen LogP contribution >= 0.6 is 0 Å². The molecule has 3 N–H and O–H groups in total. The van der Waals surface area contributed by atoms with Crippen LogP contribution in [0.15, 0.2) is 52.3 Å². The molecule has 226 valence electrons. The van der Waals surface area contributed by atoms with Gasteiger partial charge >= 0.3 is 5.97 Å². The number of fused-ring (bicyclic) bond motifs is 2. The van der Waals surface area contributed by atoms with E-state index < -0.39 is 47.2 Å². The predicted molar refractivity (Wildman–Crippen MR) is 152 cm³/mol. The van der Waals surface area contributed by atoms with Crippen molar-refractivity contribution in [3.8, 4) is 0 Å². The average molecular weight is 572 g/mol. The Balaban J connectivity index is 1.53. The molecule has 0 radical (unpaired) electrons. The number of allylic oxidation sites excluding steroid dienone is 4. The molecule has 0 saturated carbocycles. The van der Waals surface area contributed by atoms with E-state index in [1.165, 1.54) is 5.57 Å². The summed E-state index contributed by atoms with van der Waals surface area (Å²) in [6.07, 6.45) is 11.4. The van der Waals surface area contributed by atoms with Crippen molar-refractivity contribution in [2.45, 2.75) is 121 Å². The first kappa shape index (κ1) is 30.2. The molecule has 4 aliphatic heterocycles. The Bertz CT molecular complexity index is 1180. The van der Waals surface area contributed by atoms with Crippen LogP contribution in [0.25, 0.3) is 0 Å². The van der Waals surface area contributed by atoms with Crippen LogP contribution in [-0.2, 0) is 23.7 Å². The molecular formula is C32H45NO8. The largest absolute Gasteiger partial charge is 0.462 e. The maximum absolute atomic E-state index is 13.9. The number of nitrogens with zero attached hydrogens (tertiary/aromatic N) is 1. The first-order valence-corrected chi connectivity index (χ1v) is 15.0. The lowest BCUT2D eigenvalue weighted by molar-refractivity contribution is -0.353. The Kier molecular flexibility index (Phi) is 8.40. The highest BCUT2D eigenvalue weighted by Gasteiger charge is 2.60. The van der Waals surface area contributed by atoms with Gasteiger partial charge in [-0.15, -0.1) is 0 Å². The minimum atomic E-state index is -1.76. The Morgan fingerprint density at radius 2 is 1.93 bits per heavy atom. The summed E-state index contributed by atoms with van der Waals surface area (Å²) in [7, 11) is 0. The zero-order valence-corrected chi connectivity index (χ0v) is 24.8. The van der Waals surface area contributed by atoms with Crippen LogP contribution in [0, 0.1) is 11.8 Å². The third-order valence-corrected chi connectivity index (χ3v) is 9.50. The van der Waals surface area contributed by atoms with Gasteiger partial charge in [-0.3, -0.25) is 4.79 Å². The van der Waals surface area contributed by atoms with Crippen molar-refractivity contribution >= 4 is 11.7 Å². The number of hydrogen-bond donors (Lipinski definition) is 3. The fourth-order valence-electron chi connectivity index (χ4n) is 7.22. The van der Waals surface area contributed by atoms with Crippen LogP contribution in [0.2, 0.25) is 0 Å². The predicted octanol–water partition coefficient (Wildman–Crippen LogP) is 4.51. The molecule has 3 saturated heterocycles. The Morgan fingerprint density at radius 3 is 2.66 bits per heavy atom. The van der Waals surface area contributed by atoms with Gasteiger partial charge in [-0.2, -0.15) is 0 Å². The Labute approximate surface area is 242 Å². The molecular weight excluding hydrogens is 526 g/mol. The van der Waals surface area contributed by atoms with E-state index in [4.69, 9.17) is 18.9 Å². The molecule has 9 atom stereocenters. The second kappa shape index (κ2) is 11.4. The van der Waals surface area contributed by atoms with Crippen molar-refractivity contribution in [1.82, 2.24) is 0 Å². The van der Waals surface area contributed by atoms with Crippen LogP contribution in [0.4, 0.5) is 0 Å². The average Bonchev–Trinajstić information content (AvgIpc) is 3.24. The fraction of sp³-hybridized carbons (Fsp3) is 0.688. The third-order valence-electron chi connectivity index (χ3n) is 9.50. The van der Waals surface area contributed by atoms with Gasteiger partial charge in [0.1, 0.15) is 29.4 Å². The summed E-state index contributed by atoms with van der Waals surface area (Å²) in [5, 5.41) is 36.2. The van der Waals surface area contributed by atoms with Gasteiger partial charge in [0.2, 0.25) is 0 Å². The molecule has 1 spiro atoms. The standard InChI is InChI=1S/C32H45NO8/c1-6-26-30(5,35)12-13-31(41-26)17-24-16-23(40-31)11-10-20(3)14-19(2)8-7-9-22-18-38-28-27(33-37)21(4)15-25(29(34)39-24)32(22,28)36/h7-10,15,19,23-26,28,35-37H,6,11-14,16-18H2,1-5H3/b8-7+,20-10+,22-9+,33-27+/t19-,23+,24-,25-,26+,28+,30+,31+,32+/m0/s1. The van der Waals surface area contributed by atoms with Crippen LogP contribution in [0.3, 0.4) is 0 Å². The van der Waals surface area contributed by atoms with Gasteiger partial charge in [0.25, 0.3) is 0 Å². The smallest absolute Gasteiger partial charge is 0.316 e. The van der Waals surface area contributed by atoms with Crippen molar-refractivity contribution in [3.63, 3.8) is 0 Å². The summed E-state index contributed by atoms with van der Waals surface area (Å²) in [6.45, 7) is 9.85. The van der Waals surface area contributed by atoms with E-state index in [2.05, 4.69) is 31.2 Å². The highest BCUT2D eigenvalue weighted by atomic mass is 16.7. The zero-order valence-electron chi connectivity index (χ0n) is 24.8. The monoisotopic (exact) mass is 571 g/mol. The van der Waals surface area contributed by atoms with Gasteiger partial charge in [-0.05, 0) is 63.5 Å². The van der Waals surface area contributed by atoms with Gasteiger partial charge in [0.15, 0.2) is 5.79 Å². The second-order valence-electron chi connectivity index (χ2n) is 12.9. The molecule has 0 unspecified atom stereocenters. The highest BCUT2D eigenvalue weighted by Crippen LogP contribution is 2.47. The number of oxime groups is 1. The topological polar surface area (TPSA) is 127 Å². The number of ether oxygens (including phenoxy) is 4. The number of esters is 1. The number of aliphatic hydroxyl groups is 2. The number of carbonyl (C=O) groups excluding carboxylic acids is 1. The Morgan fingerprint density at radius 1 is 1.15 bits per heavy atom. The maximum Gasteiger partial charge on any atom is 0.316 e. The number of carbonyl (C=O) groups is 1. The van der Waals surface area contributed by atoms with Crippen molar-refractivity contribution < 1.29 is 39.2 Å². The van der Waals surface area contributed by atoms with Gasteiger partial charge in [-0.25, -0.2) is 0 Å². The lowest BCUT2D eigenvalue weighted by Crippen LogP contribution is -2.59. The minimum absolute atomic E-state index is 0.0946. The van der Waals surface area contributed by atoms with Crippen molar-refractivity contribution in [1.29, 1.82) is 0 Å². The van der Waals surface area contributed by atoms with E-state index in [1.807, 2.05) is 13.0 Å². The molecule has 0 amide bonds. The van der Waals surface area contributed by atoms with E-state index in [1.54, 1.807) is 26.0 Å². The van der Waals surface area contributed by atoms with Gasteiger partial charge < -0.3 is 34.4 Å². The summed E-state index contributed by atoms with van der Waals surface area (Å²) in [5.74, 6) is -2.36. The fourth-order valence-corrected chi connectivity index (χ4v) is 7.22. The molecule has 1 aliphatic carbocycles. The van der Waals surface area contributed by atoms with Crippen LogP contribution in [0.5, 0.6) is 0 Å². The summed E-state index contributed by atoms with van der Waals surface area (Å²) >= 11 is 0. The molecule has 5 rings (SSSR count). The Hall–Kier alpha value is -2.30. The van der Waals surface area contributed by atoms with Crippen LogP contribution in [-0.4, -0.2) is 75.1 Å². The molecule has 9 nitrogen and oxygen atoms in total. The summed E-state index contributed by atoms with van der Waals surface area (Å²) in [5.41, 5.74) is -0.204. The molecule has 41 heavy (non-hydrogen) atoms. The van der Waals surface area contributed by atoms with Crippen LogP contribution in [0.1, 0.15) is 79.6 Å². The highest BCUT2D eigenvalue weighted by molar-refractivity contribution is 6.06. The normalized spacial score (nSPS) is 47.9. The number of hydrogen-bond acceptors (Lipinski definition) is 9. The summed E-state index contributed by atoms with van der Waals surface area (Å²) < 4.78 is 25.3. The maximum atomic E-state index is 13.9. The molecule has 0 aromatic heterocycles. The first-order chi connectivity index (χ1) is 19.4. The molecule has 5 aliphatic rings. The van der Waals surface area contributed by atoms with E-state index in [0.717, 1.165) is 6.42 Å². The van der Waals surface area contributed by atoms with Gasteiger partial charge in [0.05, 0.1) is 24.4 Å². The third kappa shape index (κ3) is 5.71. The van der Waals surface area contributed by atoms with E-state index >= 15 is 0 Å². The minimum Gasteiger partial charge on any atom is -0.462 e. The summed E-state index contributed by atoms with van der Waals surface area (Å²) in [6, 6.07) is 0. The van der Waals surface area contributed by atoms with Gasteiger partial charge in [-0.1, -0.05) is 55.0 Å². The SMILES string of the molecule is CC[C@H]1O[C@]2(CC[C@@]1(C)O)C[C@@H]1C[C@@H](C/C=C(\C)C[C@@H](C)/C=C/C=C3\CO[C@@H]4/C(=N/O)C(C)=C[C@@H](C(=O)O1)[C@]34O)O2. The van der Waals surface area contributed by atoms with E-state index in [9.17, 15) is 20.2 Å². The second-order valence-corrected chi connectivity index (χ2v) is 12.9. The number of rotatable bonds is 1. The van der Waals surface area contributed by atoms with Crippen LogP contribution < -0.4 is 0 Å². The quantitative estimate of drug-likeness (QED) is 0.182. The lowest BCUT2D eigenvalue weighted by Gasteiger charge is -2.52. The zero-order chi connectivity index (χ0) is 29.6. The van der Waals surface area contributed by atoms with E-state index in [0.29, 0.717) is 49.7 Å². The molecule has 4 heterocycles. The van der Waals surface area contributed by atoms with Crippen molar-refractivity contribution in [2.24, 2.45) is 17.0 Å². The van der Waals surface area contributed by atoms with Crippen molar-refractivity contribution in [2.75, 3.05) is 6.61 Å². The molecule has 2 bridgehead atoms. The summed E-state index contributed by atoms with van der Waals surface area (Å²) in [4.78, 5) is 13.9. The van der Waals surface area contributed by atoms with Gasteiger partial charge in [0, 0.05) is 19.3 Å². The molecule has 0 aromatic carbocycles. The van der Waals surface area contributed by atoms with E-state index in [-0.39, 0.29) is 24.3 Å².